The van der Waals surface area contributed by atoms with Crippen LogP contribution in [0, 0.1) is 5.82 Å². The Balaban J connectivity index is 1.66. The number of anilines is 1. The zero-order valence-corrected chi connectivity index (χ0v) is 12.6. The van der Waals surface area contributed by atoms with Crippen LogP contribution >= 0.6 is 0 Å². The molecule has 0 atom stereocenters. The number of carbonyl (C=O) groups is 2. The maximum absolute atomic E-state index is 12.9. The maximum atomic E-state index is 12.9. The highest BCUT2D eigenvalue weighted by molar-refractivity contribution is 6.04. The van der Waals surface area contributed by atoms with Crippen LogP contribution in [0.15, 0.2) is 48.5 Å². The standard InChI is InChI=1S/C18H17FN2O2/c19-15-7-3-13(4-8-15)17(22)20-16-9-5-14(6-10-16)18(23)21-11-1-2-12-21/h3-10H,1-2,11-12H2,(H,20,22). The van der Waals surface area contributed by atoms with Crippen LogP contribution in [0.3, 0.4) is 0 Å². The van der Waals surface area contributed by atoms with Gasteiger partial charge >= 0.3 is 0 Å². The van der Waals surface area contributed by atoms with E-state index < -0.39 is 0 Å². The van der Waals surface area contributed by atoms with Gasteiger partial charge in [-0.15, -0.1) is 0 Å². The van der Waals surface area contributed by atoms with Crippen molar-refractivity contribution < 1.29 is 14.0 Å². The molecule has 1 saturated heterocycles. The largest absolute Gasteiger partial charge is 0.339 e. The number of rotatable bonds is 3. The van der Waals surface area contributed by atoms with Crippen molar-refractivity contribution in [2.45, 2.75) is 12.8 Å². The van der Waals surface area contributed by atoms with Gasteiger partial charge in [0.05, 0.1) is 0 Å². The molecular weight excluding hydrogens is 295 g/mol. The molecule has 0 aromatic heterocycles. The molecule has 2 amide bonds. The van der Waals surface area contributed by atoms with Gasteiger partial charge in [0, 0.05) is 29.9 Å². The molecule has 2 aromatic rings. The second kappa shape index (κ2) is 6.60. The van der Waals surface area contributed by atoms with E-state index in [0.717, 1.165) is 25.9 Å². The van der Waals surface area contributed by atoms with E-state index in [0.29, 0.717) is 16.8 Å². The molecule has 0 radical (unpaired) electrons. The van der Waals surface area contributed by atoms with Gasteiger partial charge in [-0.3, -0.25) is 9.59 Å². The lowest BCUT2D eigenvalue weighted by Gasteiger charge is -2.15. The topological polar surface area (TPSA) is 49.4 Å². The first-order valence-corrected chi connectivity index (χ1v) is 7.60. The fraction of sp³-hybridized carbons (Fsp3) is 0.222. The van der Waals surface area contributed by atoms with Gasteiger partial charge in [-0.1, -0.05) is 0 Å². The van der Waals surface area contributed by atoms with Crippen LogP contribution in [0.2, 0.25) is 0 Å². The second-order valence-corrected chi connectivity index (χ2v) is 5.54. The molecular formula is C18H17FN2O2. The molecule has 4 nitrogen and oxygen atoms in total. The third-order valence-corrected chi connectivity index (χ3v) is 3.89. The lowest BCUT2D eigenvalue weighted by atomic mass is 10.1. The van der Waals surface area contributed by atoms with E-state index in [1.807, 2.05) is 4.90 Å². The Morgan fingerprint density at radius 2 is 1.43 bits per heavy atom. The molecule has 3 rings (SSSR count). The molecule has 5 heteroatoms. The minimum atomic E-state index is -0.383. The molecule has 1 fully saturated rings. The van der Waals surface area contributed by atoms with Gasteiger partial charge in [0.15, 0.2) is 0 Å². The fourth-order valence-electron chi connectivity index (χ4n) is 2.60. The van der Waals surface area contributed by atoms with Crippen LogP contribution in [-0.4, -0.2) is 29.8 Å². The summed E-state index contributed by atoms with van der Waals surface area (Å²) in [6.07, 6.45) is 2.11. The molecule has 0 spiro atoms. The predicted octanol–water partition coefficient (Wildman–Crippen LogP) is 3.31. The van der Waals surface area contributed by atoms with E-state index in [4.69, 9.17) is 0 Å². The number of benzene rings is 2. The molecule has 0 saturated carbocycles. The molecule has 1 aliphatic rings. The van der Waals surface area contributed by atoms with E-state index in [1.165, 1.54) is 24.3 Å². The SMILES string of the molecule is O=C(Nc1ccc(C(=O)N2CCCC2)cc1)c1ccc(F)cc1. The van der Waals surface area contributed by atoms with Crippen molar-refractivity contribution >= 4 is 17.5 Å². The van der Waals surface area contributed by atoms with E-state index in [9.17, 15) is 14.0 Å². The third-order valence-electron chi connectivity index (χ3n) is 3.89. The minimum absolute atomic E-state index is 0.0268. The number of hydrogen-bond acceptors (Lipinski definition) is 2. The molecule has 0 unspecified atom stereocenters. The van der Waals surface area contributed by atoms with Crippen molar-refractivity contribution in [3.05, 3.63) is 65.5 Å². The summed E-state index contributed by atoms with van der Waals surface area (Å²) < 4.78 is 12.9. The number of nitrogens with one attached hydrogen (secondary N) is 1. The van der Waals surface area contributed by atoms with Gasteiger partial charge in [0.25, 0.3) is 11.8 Å². The Morgan fingerprint density at radius 1 is 0.870 bits per heavy atom. The zero-order valence-electron chi connectivity index (χ0n) is 12.6. The van der Waals surface area contributed by atoms with Crippen LogP contribution in [0.5, 0.6) is 0 Å². The van der Waals surface area contributed by atoms with Crippen LogP contribution in [-0.2, 0) is 0 Å². The van der Waals surface area contributed by atoms with Gasteiger partial charge in [-0.25, -0.2) is 4.39 Å². The smallest absolute Gasteiger partial charge is 0.255 e. The van der Waals surface area contributed by atoms with Gasteiger partial charge in [0.2, 0.25) is 0 Å². The first-order valence-electron chi connectivity index (χ1n) is 7.60. The van der Waals surface area contributed by atoms with Crippen molar-refractivity contribution in [3.63, 3.8) is 0 Å². The van der Waals surface area contributed by atoms with Crippen LogP contribution in [0.4, 0.5) is 10.1 Å². The number of nitrogens with zero attached hydrogens (tertiary/aromatic N) is 1. The normalized spacial score (nSPS) is 13.9. The monoisotopic (exact) mass is 312 g/mol. The van der Waals surface area contributed by atoms with E-state index >= 15 is 0 Å². The summed E-state index contributed by atoms with van der Waals surface area (Å²) in [4.78, 5) is 26.1. The molecule has 2 aromatic carbocycles. The second-order valence-electron chi connectivity index (χ2n) is 5.54. The maximum Gasteiger partial charge on any atom is 0.255 e. The average Bonchev–Trinajstić information content (AvgIpc) is 3.10. The highest BCUT2D eigenvalue weighted by Crippen LogP contribution is 2.16. The van der Waals surface area contributed by atoms with Crippen LogP contribution < -0.4 is 5.32 Å². The third kappa shape index (κ3) is 3.56. The van der Waals surface area contributed by atoms with E-state index in [-0.39, 0.29) is 17.6 Å². The number of hydrogen-bond donors (Lipinski definition) is 1. The summed E-state index contributed by atoms with van der Waals surface area (Å²) in [6.45, 7) is 1.61. The highest BCUT2D eigenvalue weighted by atomic mass is 19.1. The number of amides is 2. The molecule has 0 bridgehead atoms. The van der Waals surface area contributed by atoms with Crippen molar-refractivity contribution in [2.75, 3.05) is 18.4 Å². The number of carbonyl (C=O) groups excluding carboxylic acids is 2. The molecule has 1 N–H and O–H groups in total. The molecule has 1 heterocycles. The molecule has 1 aliphatic heterocycles. The van der Waals surface area contributed by atoms with Crippen LogP contribution in [0.1, 0.15) is 33.6 Å². The first-order chi connectivity index (χ1) is 11.1. The van der Waals surface area contributed by atoms with Crippen LogP contribution in [0.25, 0.3) is 0 Å². The summed E-state index contributed by atoms with van der Waals surface area (Å²) in [5.41, 5.74) is 1.59. The summed E-state index contributed by atoms with van der Waals surface area (Å²) in [7, 11) is 0. The van der Waals surface area contributed by atoms with Crippen molar-refractivity contribution in [3.8, 4) is 0 Å². The number of halogens is 1. The van der Waals surface area contributed by atoms with Crippen molar-refractivity contribution in [1.29, 1.82) is 0 Å². The van der Waals surface area contributed by atoms with E-state index in [2.05, 4.69) is 5.32 Å². The minimum Gasteiger partial charge on any atom is -0.339 e. The fourth-order valence-corrected chi connectivity index (χ4v) is 2.60. The summed E-state index contributed by atoms with van der Waals surface area (Å²) in [6, 6.07) is 12.2. The number of likely N-dealkylation sites (tertiary alicyclic amines) is 1. The lowest BCUT2D eigenvalue weighted by Crippen LogP contribution is -2.27. The summed E-state index contributed by atoms with van der Waals surface area (Å²) in [5, 5.41) is 2.73. The molecule has 23 heavy (non-hydrogen) atoms. The zero-order chi connectivity index (χ0) is 16.2. The Labute approximate surface area is 133 Å². The van der Waals surface area contributed by atoms with Crippen molar-refractivity contribution in [1.82, 2.24) is 4.90 Å². The summed E-state index contributed by atoms with van der Waals surface area (Å²) >= 11 is 0. The molecule has 118 valence electrons. The highest BCUT2D eigenvalue weighted by Gasteiger charge is 2.19. The predicted molar refractivity (Wildman–Crippen MR) is 85.9 cm³/mol. The molecule has 0 aliphatic carbocycles. The van der Waals surface area contributed by atoms with Gasteiger partial charge in [-0.05, 0) is 61.4 Å². The Bertz CT molecular complexity index is 705. The van der Waals surface area contributed by atoms with Gasteiger partial charge in [0.1, 0.15) is 5.82 Å². The Hall–Kier alpha value is -2.69. The van der Waals surface area contributed by atoms with Gasteiger partial charge in [-0.2, -0.15) is 0 Å². The van der Waals surface area contributed by atoms with Crippen molar-refractivity contribution in [2.24, 2.45) is 0 Å². The quantitative estimate of drug-likeness (QED) is 0.945. The van der Waals surface area contributed by atoms with Gasteiger partial charge < -0.3 is 10.2 Å². The lowest BCUT2D eigenvalue weighted by molar-refractivity contribution is 0.0792. The Morgan fingerprint density at radius 3 is 2.04 bits per heavy atom. The first kappa shape index (κ1) is 15.2. The van der Waals surface area contributed by atoms with E-state index in [1.54, 1.807) is 24.3 Å². The summed E-state index contributed by atoms with van der Waals surface area (Å²) in [5.74, 6) is -0.672. The average molecular weight is 312 g/mol. The Kier molecular flexibility index (Phi) is 4.37.